The van der Waals surface area contributed by atoms with E-state index in [9.17, 15) is 9.59 Å². The van der Waals surface area contributed by atoms with E-state index >= 15 is 0 Å². The Morgan fingerprint density at radius 1 is 1.30 bits per heavy atom. The van der Waals surface area contributed by atoms with Gasteiger partial charge in [-0.05, 0) is 18.4 Å². The fourth-order valence-corrected chi connectivity index (χ4v) is 5.48. The van der Waals surface area contributed by atoms with Crippen molar-refractivity contribution in [3.8, 4) is 11.1 Å². The number of hydrogen-bond acceptors (Lipinski definition) is 8. The third-order valence-corrected chi connectivity index (χ3v) is 7.23. The number of hydrogen-bond donors (Lipinski definition) is 1. The van der Waals surface area contributed by atoms with Gasteiger partial charge < -0.3 is 19.4 Å². The topological polar surface area (TPSA) is 95.3 Å². The standard InChI is InChI=1S/C23H26N4O4S2/c1-3-18-25-26-23(27(18)12-16-10-7-11-31-16)33-14-19(28)24-21-20(22(29)30-2)17(13-32-21)15-8-5-4-6-9-15/h4-6,8-9,13,16H,3,7,10-12,14H2,1-2H3,(H,24,28). The third kappa shape index (κ3) is 5.45. The Morgan fingerprint density at radius 2 is 2.12 bits per heavy atom. The normalized spacial score (nSPS) is 15.5. The van der Waals surface area contributed by atoms with E-state index in [1.807, 2.05) is 47.2 Å². The highest BCUT2D eigenvalue weighted by atomic mass is 32.2. The number of benzene rings is 1. The molecule has 0 saturated carbocycles. The quantitative estimate of drug-likeness (QED) is 0.357. The number of carbonyl (C=O) groups is 2. The molecule has 1 unspecified atom stereocenters. The number of rotatable bonds is 9. The summed E-state index contributed by atoms with van der Waals surface area (Å²) in [6.45, 7) is 3.51. The first-order chi connectivity index (χ1) is 16.1. The zero-order valence-electron chi connectivity index (χ0n) is 18.6. The number of aryl methyl sites for hydroxylation is 1. The van der Waals surface area contributed by atoms with Crippen molar-refractivity contribution in [2.24, 2.45) is 0 Å². The minimum absolute atomic E-state index is 0.145. The summed E-state index contributed by atoms with van der Waals surface area (Å²) < 4.78 is 12.8. The second-order valence-electron chi connectivity index (χ2n) is 7.55. The van der Waals surface area contributed by atoms with Gasteiger partial charge in [-0.15, -0.1) is 21.5 Å². The van der Waals surface area contributed by atoms with Gasteiger partial charge in [0.05, 0.1) is 25.5 Å². The molecule has 3 heterocycles. The van der Waals surface area contributed by atoms with E-state index in [-0.39, 0.29) is 17.8 Å². The molecule has 1 aromatic carbocycles. The number of esters is 1. The van der Waals surface area contributed by atoms with Crippen LogP contribution in [-0.4, -0.2) is 52.2 Å². The lowest BCUT2D eigenvalue weighted by atomic mass is 10.0. The van der Waals surface area contributed by atoms with Gasteiger partial charge in [0.1, 0.15) is 16.4 Å². The Hall–Kier alpha value is -2.69. The molecule has 0 aliphatic carbocycles. The molecule has 0 bridgehead atoms. The van der Waals surface area contributed by atoms with Crippen molar-refractivity contribution in [3.63, 3.8) is 0 Å². The fourth-order valence-electron chi connectivity index (χ4n) is 3.74. The van der Waals surface area contributed by atoms with E-state index < -0.39 is 5.97 Å². The number of nitrogens with one attached hydrogen (secondary N) is 1. The smallest absolute Gasteiger partial charge is 0.341 e. The average molecular weight is 487 g/mol. The van der Waals surface area contributed by atoms with Gasteiger partial charge in [-0.25, -0.2) is 4.79 Å². The van der Waals surface area contributed by atoms with Crippen molar-refractivity contribution in [1.82, 2.24) is 14.8 Å². The molecule has 8 nitrogen and oxygen atoms in total. The zero-order chi connectivity index (χ0) is 23.2. The zero-order valence-corrected chi connectivity index (χ0v) is 20.2. The van der Waals surface area contributed by atoms with Crippen LogP contribution in [0.3, 0.4) is 0 Å². The number of aromatic nitrogens is 3. The number of thiophene rings is 1. The van der Waals surface area contributed by atoms with Crippen LogP contribution in [0.2, 0.25) is 0 Å². The lowest BCUT2D eigenvalue weighted by Crippen LogP contribution is -2.19. The third-order valence-electron chi connectivity index (χ3n) is 5.37. The Balaban J connectivity index is 1.46. The van der Waals surface area contributed by atoms with Crippen LogP contribution < -0.4 is 5.32 Å². The summed E-state index contributed by atoms with van der Waals surface area (Å²) in [5.74, 6) is 0.317. The van der Waals surface area contributed by atoms with Gasteiger partial charge in [0, 0.05) is 24.0 Å². The van der Waals surface area contributed by atoms with Gasteiger partial charge in [-0.3, -0.25) is 4.79 Å². The molecule has 0 spiro atoms. The maximum absolute atomic E-state index is 12.8. The van der Waals surface area contributed by atoms with Crippen LogP contribution in [0.5, 0.6) is 0 Å². The molecular weight excluding hydrogens is 460 g/mol. The Labute approximate surface area is 200 Å². The number of ether oxygens (including phenoxy) is 2. The molecule has 1 N–H and O–H groups in total. The van der Waals surface area contributed by atoms with Crippen molar-refractivity contribution in [1.29, 1.82) is 0 Å². The van der Waals surface area contributed by atoms with Gasteiger partial charge in [0.25, 0.3) is 0 Å². The lowest BCUT2D eigenvalue weighted by molar-refractivity contribution is -0.113. The maximum Gasteiger partial charge on any atom is 0.341 e. The number of carbonyl (C=O) groups excluding carboxylic acids is 2. The summed E-state index contributed by atoms with van der Waals surface area (Å²) in [7, 11) is 1.34. The van der Waals surface area contributed by atoms with Gasteiger partial charge in [0.15, 0.2) is 5.16 Å². The van der Waals surface area contributed by atoms with Crippen LogP contribution in [0.4, 0.5) is 5.00 Å². The van der Waals surface area contributed by atoms with Crippen molar-refractivity contribution in [2.45, 2.75) is 44.0 Å². The molecule has 10 heteroatoms. The molecule has 33 heavy (non-hydrogen) atoms. The van der Waals surface area contributed by atoms with E-state index in [0.29, 0.717) is 22.3 Å². The fraction of sp³-hybridized carbons (Fsp3) is 0.391. The van der Waals surface area contributed by atoms with E-state index in [2.05, 4.69) is 15.5 Å². The molecule has 1 atom stereocenters. The first kappa shape index (κ1) is 23.5. The molecule has 3 aromatic rings. The summed E-state index contributed by atoms with van der Waals surface area (Å²) in [6.07, 6.45) is 2.99. The maximum atomic E-state index is 12.8. The van der Waals surface area contributed by atoms with Crippen molar-refractivity contribution in [2.75, 3.05) is 24.8 Å². The predicted molar refractivity (Wildman–Crippen MR) is 129 cm³/mol. The number of methoxy groups -OCH3 is 1. The molecular formula is C23H26N4O4S2. The van der Waals surface area contributed by atoms with E-state index in [1.165, 1.54) is 30.2 Å². The molecule has 1 amide bonds. The second kappa shape index (κ2) is 11.0. The molecule has 0 radical (unpaired) electrons. The molecule has 2 aromatic heterocycles. The van der Waals surface area contributed by atoms with Crippen molar-refractivity contribution >= 4 is 40.0 Å². The number of nitrogens with zero attached hydrogens (tertiary/aromatic N) is 3. The van der Waals surface area contributed by atoms with Crippen LogP contribution in [0.1, 0.15) is 35.9 Å². The van der Waals surface area contributed by atoms with Crippen molar-refractivity contribution < 1.29 is 19.1 Å². The molecule has 174 valence electrons. The van der Waals surface area contributed by atoms with E-state index in [1.54, 1.807) is 0 Å². The van der Waals surface area contributed by atoms with Gasteiger partial charge in [-0.2, -0.15) is 0 Å². The highest BCUT2D eigenvalue weighted by Crippen LogP contribution is 2.36. The van der Waals surface area contributed by atoms with Gasteiger partial charge in [0.2, 0.25) is 5.91 Å². The number of anilines is 1. The van der Waals surface area contributed by atoms with Crippen molar-refractivity contribution in [3.05, 3.63) is 47.1 Å². The summed E-state index contributed by atoms with van der Waals surface area (Å²) >= 11 is 2.63. The van der Waals surface area contributed by atoms with Crippen LogP contribution in [0.15, 0.2) is 40.9 Å². The highest BCUT2D eigenvalue weighted by Gasteiger charge is 2.24. The SMILES string of the molecule is CCc1nnc(SCC(=O)Nc2scc(-c3ccccc3)c2C(=O)OC)n1CC1CCCO1. The first-order valence-electron chi connectivity index (χ1n) is 10.8. The summed E-state index contributed by atoms with van der Waals surface area (Å²) in [4.78, 5) is 25.3. The molecule has 4 rings (SSSR count). The van der Waals surface area contributed by atoms with E-state index in [0.717, 1.165) is 42.8 Å². The van der Waals surface area contributed by atoms with Crippen LogP contribution in [0.25, 0.3) is 11.1 Å². The molecule has 1 aliphatic rings. The summed E-state index contributed by atoms with van der Waals surface area (Å²) in [6, 6.07) is 9.56. The monoisotopic (exact) mass is 486 g/mol. The second-order valence-corrected chi connectivity index (χ2v) is 9.37. The first-order valence-corrected chi connectivity index (χ1v) is 12.7. The summed E-state index contributed by atoms with van der Waals surface area (Å²) in [5, 5.41) is 14.5. The predicted octanol–water partition coefficient (Wildman–Crippen LogP) is 4.27. The van der Waals surface area contributed by atoms with Crippen LogP contribution in [0, 0.1) is 0 Å². The Bertz CT molecular complexity index is 1110. The average Bonchev–Trinajstić information content (AvgIpc) is 3.58. The molecule has 1 fully saturated rings. The van der Waals surface area contributed by atoms with Crippen LogP contribution >= 0.6 is 23.1 Å². The van der Waals surface area contributed by atoms with Crippen LogP contribution in [-0.2, 0) is 27.2 Å². The number of amides is 1. The summed E-state index contributed by atoms with van der Waals surface area (Å²) in [5.41, 5.74) is 1.99. The molecule has 1 aliphatic heterocycles. The van der Waals surface area contributed by atoms with Gasteiger partial charge >= 0.3 is 5.97 Å². The Morgan fingerprint density at radius 3 is 2.82 bits per heavy atom. The largest absolute Gasteiger partial charge is 0.465 e. The highest BCUT2D eigenvalue weighted by molar-refractivity contribution is 7.99. The lowest BCUT2D eigenvalue weighted by Gasteiger charge is -2.14. The Kier molecular flexibility index (Phi) is 7.79. The van der Waals surface area contributed by atoms with Gasteiger partial charge in [-0.1, -0.05) is 49.0 Å². The minimum Gasteiger partial charge on any atom is -0.465 e. The number of thioether (sulfide) groups is 1. The minimum atomic E-state index is -0.484. The molecule has 1 saturated heterocycles. The van der Waals surface area contributed by atoms with E-state index in [4.69, 9.17) is 9.47 Å².